The number of amides is 2. The van der Waals surface area contributed by atoms with Crippen LogP contribution in [0.25, 0.3) is 0 Å². The summed E-state index contributed by atoms with van der Waals surface area (Å²) in [5.74, 6) is 0.116. The normalized spacial score (nSPS) is 12.0. The Kier molecular flexibility index (Phi) is 11.9. The molecule has 0 fully saturated rings. The molecular formula is C32H40ClN3O6S. The Labute approximate surface area is 259 Å². The average Bonchev–Trinajstić information content (AvgIpc) is 2.98. The van der Waals surface area contributed by atoms with Gasteiger partial charge in [-0.05, 0) is 67.3 Å². The van der Waals surface area contributed by atoms with Crippen LogP contribution >= 0.6 is 11.6 Å². The van der Waals surface area contributed by atoms with E-state index in [0.29, 0.717) is 18.7 Å². The minimum absolute atomic E-state index is 0.00556. The summed E-state index contributed by atoms with van der Waals surface area (Å²) in [7, 11) is -1.33. The van der Waals surface area contributed by atoms with Gasteiger partial charge in [0.05, 0.1) is 24.8 Å². The van der Waals surface area contributed by atoms with Crippen molar-refractivity contribution in [3.63, 3.8) is 0 Å². The van der Waals surface area contributed by atoms with Crippen molar-refractivity contribution >= 4 is 39.1 Å². The van der Waals surface area contributed by atoms with Crippen LogP contribution in [-0.2, 0) is 26.2 Å². The highest BCUT2D eigenvalue weighted by molar-refractivity contribution is 7.92. The monoisotopic (exact) mass is 629 g/mol. The number of anilines is 1. The molecule has 0 spiro atoms. The first-order valence-electron chi connectivity index (χ1n) is 14.0. The fourth-order valence-corrected chi connectivity index (χ4v) is 6.10. The number of ether oxygens (including phenoxy) is 2. The van der Waals surface area contributed by atoms with Gasteiger partial charge in [0.25, 0.3) is 10.0 Å². The molecule has 0 radical (unpaired) electrons. The van der Waals surface area contributed by atoms with Gasteiger partial charge in [-0.1, -0.05) is 62.2 Å². The highest BCUT2D eigenvalue weighted by atomic mass is 35.5. The van der Waals surface area contributed by atoms with Gasteiger partial charge in [-0.15, -0.1) is 0 Å². The molecule has 1 N–H and O–H groups in total. The molecule has 232 valence electrons. The van der Waals surface area contributed by atoms with Crippen LogP contribution in [0.4, 0.5) is 5.69 Å². The average molecular weight is 630 g/mol. The van der Waals surface area contributed by atoms with E-state index in [4.69, 9.17) is 21.1 Å². The largest absolute Gasteiger partial charge is 0.497 e. The van der Waals surface area contributed by atoms with E-state index in [0.717, 1.165) is 15.4 Å². The fourth-order valence-electron chi connectivity index (χ4n) is 4.52. The lowest BCUT2D eigenvalue weighted by atomic mass is 10.1. The van der Waals surface area contributed by atoms with Crippen molar-refractivity contribution in [3.8, 4) is 11.5 Å². The van der Waals surface area contributed by atoms with Crippen molar-refractivity contribution in [2.24, 2.45) is 5.92 Å². The van der Waals surface area contributed by atoms with E-state index in [1.54, 1.807) is 49.6 Å². The quantitative estimate of drug-likeness (QED) is 0.255. The minimum atomic E-state index is -4.28. The number of aryl methyl sites for hydroxylation is 1. The summed E-state index contributed by atoms with van der Waals surface area (Å²) in [6.07, 6.45) is 0.310. The first-order valence-corrected chi connectivity index (χ1v) is 15.9. The summed E-state index contributed by atoms with van der Waals surface area (Å²) in [5.41, 5.74) is 1.70. The van der Waals surface area contributed by atoms with E-state index in [9.17, 15) is 18.0 Å². The molecule has 2 amide bonds. The molecule has 3 rings (SSSR count). The van der Waals surface area contributed by atoms with Crippen molar-refractivity contribution in [2.75, 3.05) is 31.6 Å². The number of hydrogen-bond donors (Lipinski definition) is 1. The summed E-state index contributed by atoms with van der Waals surface area (Å²) in [5, 5.41) is 3.19. The van der Waals surface area contributed by atoms with Gasteiger partial charge in [0.1, 0.15) is 24.1 Å². The van der Waals surface area contributed by atoms with Crippen LogP contribution in [0.3, 0.4) is 0 Å². The zero-order valence-electron chi connectivity index (χ0n) is 25.5. The van der Waals surface area contributed by atoms with E-state index < -0.39 is 28.5 Å². The number of methoxy groups -OCH3 is 2. The van der Waals surface area contributed by atoms with E-state index >= 15 is 0 Å². The lowest BCUT2D eigenvalue weighted by molar-refractivity contribution is -0.140. The van der Waals surface area contributed by atoms with E-state index in [1.807, 2.05) is 33.8 Å². The number of sulfonamides is 1. The van der Waals surface area contributed by atoms with Gasteiger partial charge in [0.2, 0.25) is 11.8 Å². The zero-order valence-corrected chi connectivity index (χ0v) is 27.0. The fraction of sp³-hybridized carbons (Fsp3) is 0.375. The third-order valence-corrected chi connectivity index (χ3v) is 8.86. The maximum Gasteiger partial charge on any atom is 0.264 e. The number of nitrogens with zero attached hydrogens (tertiary/aromatic N) is 2. The van der Waals surface area contributed by atoms with Gasteiger partial charge >= 0.3 is 0 Å². The van der Waals surface area contributed by atoms with Gasteiger partial charge < -0.3 is 19.7 Å². The smallest absolute Gasteiger partial charge is 0.264 e. The minimum Gasteiger partial charge on any atom is -0.497 e. The van der Waals surface area contributed by atoms with E-state index in [-0.39, 0.29) is 39.7 Å². The number of carbonyl (C=O) groups is 2. The third kappa shape index (κ3) is 8.64. The molecule has 0 unspecified atom stereocenters. The van der Waals surface area contributed by atoms with E-state index in [2.05, 4.69) is 5.32 Å². The Morgan fingerprint density at radius 2 is 1.67 bits per heavy atom. The molecule has 0 aromatic heterocycles. The lowest BCUT2D eigenvalue weighted by Crippen LogP contribution is -2.52. The molecule has 11 heteroatoms. The highest BCUT2D eigenvalue weighted by Crippen LogP contribution is 2.35. The van der Waals surface area contributed by atoms with Gasteiger partial charge in [0.15, 0.2) is 0 Å². The van der Waals surface area contributed by atoms with Gasteiger partial charge in [-0.2, -0.15) is 0 Å². The van der Waals surface area contributed by atoms with Crippen molar-refractivity contribution in [2.45, 2.75) is 51.6 Å². The first kappa shape index (κ1) is 33.7. The zero-order chi connectivity index (χ0) is 31.7. The first-order chi connectivity index (χ1) is 20.4. The van der Waals surface area contributed by atoms with Crippen molar-refractivity contribution in [1.29, 1.82) is 0 Å². The Balaban J connectivity index is 2.12. The molecule has 3 aromatic carbocycles. The Bertz CT molecular complexity index is 1510. The van der Waals surface area contributed by atoms with Crippen LogP contribution < -0.4 is 19.1 Å². The molecule has 0 heterocycles. The maximum atomic E-state index is 14.3. The number of hydrogen-bond acceptors (Lipinski definition) is 6. The second kappa shape index (κ2) is 15.1. The standard InChI is InChI=1S/C32H40ClN3O6S/c1-7-28(32(38)34-19-22(2)3)35(20-24-9-8-10-26(17-24)41-5)31(37)21-36(29-18-25(33)13-16-30(29)42-6)43(39,40)27-14-11-23(4)12-15-27/h8-18,22,28H,7,19-21H2,1-6H3,(H,34,38)/t28-/m1/s1. The van der Waals surface area contributed by atoms with Crippen LogP contribution in [0, 0.1) is 12.8 Å². The predicted octanol–water partition coefficient (Wildman–Crippen LogP) is 5.44. The highest BCUT2D eigenvalue weighted by Gasteiger charge is 2.35. The van der Waals surface area contributed by atoms with Crippen LogP contribution in [-0.4, -0.2) is 58.5 Å². The maximum absolute atomic E-state index is 14.3. The third-order valence-electron chi connectivity index (χ3n) is 6.85. The Morgan fingerprint density at radius 1 is 0.977 bits per heavy atom. The van der Waals surface area contributed by atoms with Gasteiger partial charge in [0, 0.05) is 18.1 Å². The molecule has 0 saturated heterocycles. The molecular weight excluding hydrogens is 590 g/mol. The second-order valence-electron chi connectivity index (χ2n) is 10.6. The predicted molar refractivity (Wildman–Crippen MR) is 169 cm³/mol. The molecule has 0 aliphatic carbocycles. The Morgan fingerprint density at radius 3 is 2.28 bits per heavy atom. The van der Waals surface area contributed by atoms with Crippen LogP contribution in [0.2, 0.25) is 5.02 Å². The SMILES string of the molecule is CC[C@H](C(=O)NCC(C)C)N(Cc1cccc(OC)c1)C(=O)CN(c1cc(Cl)ccc1OC)S(=O)(=O)c1ccc(C)cc1. The second-order valence-corrected chi connectivity index (χ2v) is 12.9. The van der Waals surface area contributed by atoms with Gasteiger partial charge in [-0.25, -0.2) is 8.42 Å². The van der Waals surface area contributed by atoms with Crippen LogP contribution in [0.5, 0.6) is 11.5 Å². The molecule has 1 atom stereocenters. The molecule has 0 bridgehead atoms. The van der Waals surface area contributed by atoms with Crippen molar-refractivity contribution in [1.82, 2.24) is 10.2 Å². The summed E-state index contributed by atoms with van der Waals surface area (Å²) in [6.45, 7) is 7.50. The summed E-state index contributed by atoms with van der Waals surface area (Å²) < 4.78 is 40.1. The van der Waals surface area contributed by atoms with Gasteiger partial charge in [-0.3, -0.25) is 13.9 Å². The Hall–Kier alpha value is -3.76. The van der Waals surface area contributed by atoms with Crippen LogP contribution in [0.15, 0.2) is 71.6 Å². The number of nitrogens with one attached hydrogen (secondary N) is 1. The van der Waals surface area contributed by atoms with Crippen molar-refractivity contribution < 1.29 is 27.5 Å². The topological polar surface area (TPSA) is 105 Å². The number of rotatable bonds is 14. The molecule has 43 heavy (non-hydrogen) atoms. The molecule has 0 saturated carbocycles. The van der Waals surface area contributed by atoms with Crippen molar-refractivity contribution in [3.05, 3.63) is 82.9 Å². The number of carbonyl (C=O) groups excluding carboxylic acids is 2. The molecule has 0 aliphatic heterocycles. The summed E-state index contributed by atoms with van der Waals surface area (Å²) in [6, 6.07) is 17.2. The molecule has 0 aliphatic rings. The molecule has 9 nitrogen and oxygen atoms in total. The summed E-state index contributed by atoms with van der Waals surface area (Å²) >= 11 is 6.31. The van der Waals surface area contributed by atoms with E-state index in [1.165, 1.54) is 30.2 Å². The summed E-state index contributed by atoms with van der Waals surface area (Å²) in [4.78, 5) is 29.1. The lowest BCUT2D eigenvalue weighted by Gasteiger charge is -2.33. The number of halogens is 1. The molecule has 3 aromatic rings. The number of benzene rings is 3. The van der Waals surface area contributed by atoms with Crippen LogP contribution in [0.1, 0.15) is 38.3 Å².